The average molecular weight is 407 g/mol. The molecule has 0 amide bonds. The van der Waals surface area contributed by atoms with Crippen LogP contribution in [0.2, 0.25) is 0 Å². The van der Waals surface area contributed by atoms with Gasteiger partial charge < -0.3 is 0 Å². The first-order valence-electron chi connectivity index (χ1n) is 11.5. The quantitative estimate of drug-likeness (QED) is 0.211. The molecule has 0 atom stereocenters. The highest BCUT2D eigenvalue weighted by atomic mass is 14.0. The summed E-state index contributed by atoms with van der Waals surface area (Å²) in [4.78, 5) is 0. The van der Waals surface area contributed by atoms with Crippen LogP contribution in [0.1, 0.15) is 93.9 Å². The van der Waals surface area contributed by atoms with E-state index in [1.165, 1.54) is 39.9 Å². The lowest BCUT2D eigenvalue weighted by molar-refractivity contribution is 0.918. The molecule has 0 saturated heterocycles. The van der Waals surface area contributed by atoms with Crippen LogP contribution in [-0.2, 0) is 0 Å². The smallest absolute Gasteiger partial charge is 0.0285 e. The Morgan fingerprint density at radius 2 is 0.900 bits per heavy atom. The highest BCUT2D eigenvalue weighted by molar-refractivity contribution is 5.27. The fraction of sp³-hybridized carbons (Fsp3) is 0.467. The summed E-state index contributed by atoms with van der Waals surface area (Å²) in [6.45, 7) is 17.5. The first-order valence-corrected chi connectivity index (χ1v) is 11.5. The Morgan fingerprint density at radius 1 is 0.467 bits per heavy atom. The Labute approximate surface area is 188 Å². The van der Waals surface area contributed by atoms with E-state index in [1.54, 1.807) is 0 Å². The Balaban J connectivity index is 4.35. The first kappa shape index (κ1) is 27.9. The summed E-state index contributed by atoms with van der Waals surface area (Å²) in [6.07, 6.45) is 29.1. The second-order valence-electron chi connectivity index (χ2n) is 8.91. The Bertz CT molecular complexity index is 716. The van der Waals surface area contributed by atoms with E-state index in [0.29, 0.717) is 0 Å². The molecule has 0 bridgehead atoms. The molecule has 0 saturated carbocycles. The van der Waals surface area contributed by atoms with Gasteiger partial charge in [0.15, 0.2) is 0 Å². The van der Waals surface area contributed by atoms with Gasteiger partial charge in [0.2, 0.25) is 0 Å². The summed E-state index contributed by atoms with van der Waals surface area (Å²) in [5.74, 6) is 0. The molecule has 0 aliphatic heterocycles. The number of rotatable bonds is 13. The average Bonchev–Trinajstić information content (AvgIpc) is 2.64. The van der Waals surface area contributed by atoms with Gasteiger partial charge in [0.25, 0.3) is 0 Å². The SMILES string of the molecule is CC(C)=CCC/C(C)=C/C=C/C(C)=C/C=C\C=C(/C)CC/C=C(\C)CCC=C(C)C. The van der Waals surface area contributed by atoms with E-state index >= 15 is 0 Å². The van der Waals surface area contributed by atoms with Crippen LogP contribution in [0.15, 0.2) is 94.2 Å². The molecule has 0 aliphatic rings. The third-order valence-electron chi connectivity index (χ3n) is 4.80. The molecule has 0 aromatic rings. The van der Waals surface area contributed by atoms with Crippen molar-refractivity contribution in [1.29, 1.82) is 0 Å². The topological polar surface area (TPSA) is 0 Å². The molecule has 0 fully saturated rings. The molecule has 0 aromatic carbocycles. The lowest BCUT2D eigenvalue weighted by Crippen LogP contribution is -1.80. The summed E-state index contributed by atoms with van der Waals surface area (Å²) < 4.78 is 0. The predicted molar refractivity (Wildman–Crippen MR) is 140 cm³/mol. The Hall–Kier alpha value is -2.08. The zero-order chi connectivity index (χ0) is 22.8. The molecular formula is C30H46. The van der Waals surface area contributed by atoms with Crippen molar-refractivity contribution in [3.05, 3.63) is 94.2 Å². The fourth-order valence-electron chi connectivity index (χ4n) is 2.84. The Kier molecular flexibility index (Phi) is 16.5. The van der Waals surface area contributed by atoms with Crippen LogP contribution in [0.25, 0.3) is 0 Å². The van der Waals surface area contributed by atoms with Gasteiger partial charge in [-0.1, -0.05) is 94.2 Å². The van der Waals surface area contributed by atoms with Crippen molar-refractivity contribution in [3.8, 4) is 0 Å². The molecule has 0 rings (SSSR count). The minimum absolute atomic E-state index is 1.13. The highest BCUT2D eigenvalue weighted by Gasteiger charge is 1.91. The molecule has 0 unspecified atom stereocenters. The molecule has 0 N–H and O–H groups in total. The van der Waals surface area contributed by atoms with Crippen molar-refractivity contribution in [1.82, 2.24) is 0 Å². The monoisotopic (exact) mass is 406 g/mol. The molecule has 0 radical (unpaired) electrons. The van der Waals surface area contributed by atoms with E-state index in [9.17, 15) is 0 Å². The summed E-state index contributed by atoms with van der Waals surface area (Å²) in [5, 5.41) is 0. The molecule has 0 heterocycles. The van der Waals surface area contributed by atoms with Crippen molar-refractivity contribution < 1.29 is 0 Å². The van der Waals surface area contributed by atoms with E-state index < -0.39 is 0 Å². The summed E-state index contributed by atoms with van der Waals surface area (Å²) >= 11 is 0. The van der Waals surface area contributed by atoms with Gasteiger partial charge in [-0.3, -0.25) is 0 Å². The van der Waals surface area contributed by atoms with Crippen molar-refractivity contribution in [3.63, 3.8) is 0 Å². The van der Waals surface area contributed by atoms with Crippen LogP contribution < -0.4 is 0 Å². The van der Waals surface area contributed by atoms with Crippen molar-refractivity contribution in [2.24, 2.45) is 0 Å². The number of hydrogen-bond donors (Lipinski definition) is 0. The van der Waals surface area contributed by atoms with E-state index in [1.807, 2.05) is 0 Å². The van der Waals surface area contributed by atoms with Crippen LogP contribution in [0.4, 0.5) is 0 Å². The maximum atomic E-state index is 2.39. The van der Waals surface area contributed by atoms with Gasteiger partial charge in [-0.25, -0.2) is 0 Å². The van der Waals surface area contributed by atoms with Crippen LogP contribution >= 0.6 is 0 Å². The van der Waals surface area contributed by atoms with Crippen molar-refractivity contribution in [2.45, 2.75) is 93.9 Å². The lowest BCUT2D eigenvalue weighted by atomic mass is 10.1. The zero-order valence-electron chi connectivity index (χ0n) is 21.0. The minimum Gasteiger partial charge on any atom is -0.0856 e. The van der Waals surface area contributed by atoms with Gasteiger partial charge >= 0.3 is 0 Å². The van der Waals surface area contributed by atoms with E-state index in [4.69, 9.17) is 0 Å². The summed E-state index contributed by atoms with van der Waals surface area (Å²) in [7, 11) is 0. The minimum atomic E-state index is 1.13. The third-order valence-corrected chi connectivity index (χ3v) is 4.80. The molecular weight excluding hydrogens is 360 g/mol. The van der Waals surface area contributed by atoms with Gasteiger partial charge in [0.05, 0.1) is 0 Å². The molecule has 0 heteroatoms. The first-order chi connectivity index (χ1) is 14.2. The number of hydrogen-bond acceptors (Lipinski definition) is 0. The molecule has 166 valence electrons. The molecule has 0 aliphatic carbocycles. The van der Waals surface area contributed by atoms with Crippen LogP contribution in [0.5, 0.6) is 0 Å². The third kappa shape index (κ3) is 19.2. The van der Waals surface area contributed by atoms with Gasteiger partial charge in [0.1, 0.15) is 0 Å². The van der Waals surface area contributed by atoms with Crippen LogP contribution in [0.3, 0.4) is 0 Å². The summed E-state index contributed by atoms with van der Waals surface area (Å²) in [5.41, 5.74) is 8.43. The Morgan fingerprint density at radius 3 is 1.43 bits per heavy atom. The van der Waals surface area contributed by atoms with Gasteiger partial charge in [-0.15, -0.1) is 0 Å². The molecule has 0 aromatic heterocycles. The number of allylic oxidation sites excluding steroid dienone is 16. The maximum Gasteiger partial charge on any atom is -0.0285 e. The normalized spacial score (nSPS) is 14.0. The maximum absolute atomic E-state index is 2.39. The second-order valence-corrected chi connectivity index (χ2v) is 8.91. The van der Waals surface area contributed by atoms with Gasteiger partial charge in [0, 0.05) is 0 Å². The van der Waals surface area contributed by atoms with Crippen LogP contribution in [0, 0.1) is 0 Å². The van der Waals surface area contributed by atoms with Crippen molar-refractivity contribution in [2.75, 3.05) is 0 Å². The van der Waals surface area contributed by atoms with Gasteiger partial charge in [-0.05, 0) is 93.9 Å². The lowest BCUT2D eigenvalue weighted by Gasteiger charge is -2.00. The van der Waals surface area contributed by atoms with E-state index in [0.717, 1.165) is 32.1 Å². The van der Waals surface area contributed by atoms with E-state index in [-0.39, 0.29) is 0 Å². The van der Waals surface area contributed by atoms with E-state index in [2.05, 4.69) is 116 Å². The molecule has 0 nitrogen and oxygen atoms in total. The highest BCUT2D eigenvalue weighted by Crippen LogP contribution is 2.11. The predicted octanol–water partition coefficient (Wildman–Crippen LogP) is 10.2. The molecule has 0 spiro atoms. The van der Waals surface area contributed by atoms with Gasteiger partial charge in [-0.2, -0.15) is 0 Å². The van der Waals surface area contributed by atoms with Crippen molar-refractivity contribution >= 4 is 0 Å². The van der Waals surface area contributed by atoms with Crippen LogP contribution in [-0.4, -0.2) is 0 Å². The second kappa shape index (κ2) is 17.8. The fourth-order valence-corrected chi connectivity index (χ4v) is 2.84. The largest absolute Gasteiger partial charge is 0.0856 e. The summed E-state index contributed by atoms with van der Waals surface area (Å²) in [6, 6.07) is 0. The molecule has 30 heavy (non-hydrogen) atoms. The standard InChI is InChI=1S/C30H46/c1-25(2)15-11-19-29(7)23-13-21-27(5)17-9-10-18-28(6)22-14-24-30(8)20-12-16-26(3)4/h9-10,13,15-18,21,23-24H,11-12,14,19-20,22H2,1-8H3/b10-9-,21-13+,27-17+,28-18+,29-23+,30-24+. The zero-order valence-corrected chi connectivity index (χ0v) is 21.0.